The molecule has 176 valence electrons. The third kappa shape index (κ3) is 6.02. The third-order valence-corrected chi connectivity index (χ3v) is 5.42. The van der Waals surface area contributed by atoms with E-state index in [1.165, 1.54) is 4.90 Å². The van der Waals surface area contributed by atoms with Crippen molar-refractivity contribution < 1.29 is 19.1 Å². The molecule has 0 atom stereocenters. The quantitative estimate of drug-likeness (QED) is 0.387. The van der Waals surface area contributed by atoms with Crippen molar-refractivity contribution >= 4 is 23.1 Å². The number of rotatable bonds is 11. The number of carbonyl (C=O) groups excluding carboxylic acids is 2. The van der Waals surface area contributed by atoms with Crippen molar-refractivity contribution in [2.24, 2.45) is 5.92 Å². The predicted molar refractivity (Wildman–Crippen MR) is 131 cm³/mol. The van der Waals surface area contributed by atoms with Gasteiger partial charge in [-0.15, -0.1) is 0 Å². The summed E-state index contributed by atoms with van der Waals surface area (Å²) in [4.78, 5) is 28.0. The van der Waals surface area contributed by atoms with E-state index in [9.17, 15) is 9.59 Å². The SMILES string of the molecule is CCOCCCN1C(=O)C(Nc2cc(C)ccc2C)=C(c2ccc(OCC(C)C)cc2)C1=O. The number of hydrogen-bond donors (Lipinski definition) is 1. The van der Waals surface area contributed by atoms with Crippen LogP contribution in [0.3, 0.4) is 0 Å². The molecule has 2 amide bonds. The van der Waals surface area contributed by atoms with Crippen LogP contribution in [-0.4, -0.2) is 43.1 Å². The highest BCUT2D eigenvalue weighted by Gasteiger charge is 2.39. The van der Waals surface area contributed by atoms with Crippen LogP contribution in [0.5, 0.6) is 5.75 Å². The lowest BCUT2D eigenvalue weighted by molar-refractivity contribution is -0.137. The zero-order valence-corrected chi connectivity index (χ0v) is 20.2. The molecule has 0 unspecified atom stereocenters. The van der Waals surface area contributed by atoms with Crippen LogP contribution in [0.1, 0.15) is 43.9 Å². The van der Waals surface area contributed by atoms with Crippen molar-refractivity contribution in [2.75, 3.05) is 31.7 Å². The molecule has 0 aliphatic carbocycles. The molecule has 2 aromatic rings. The lowest BCUT2D eigenvalue weighted by atomic mass is 10.0. The minimum absolute atomic E-state index is 0.292. The van der Waals surface area contributed by atoms with Gasteiger partial charge in [0, 0.05) is 25.4 Å². The van der Waals surface area contributed by atoms with E-state index in [1.807, 2.05) is 63.2 Å². The molecule has 2 aromatic carbocycles. The van der Waals surface area contributed by atoms with Gasteiger partial charge in [-0.25, -0.2) is 0 Å². The first-order chi connectivity index (χ1) is 15.8. The first-order valence-corrected chi connectivity index (χ1v) is 11.6. The number of aryl methyl sites for hydroxylation is 2. The van der Waals surface area contributed by atoms with Gasteiger partial charge in [-0.1, -0.05) is 38.1 Å². The second kappa shape index (κ2) is 11.1. The van der Waals surface area contributed by atoms with E-state index >= 15 is 0 Å². The van der Waals surface area contributed by atoms with E-state index in [-0.39, 0.29) is 11.8 Å². The molecule has 0 fully saturated rings. The van der Waals surface area contributed by atoms with Gasteiger partial charge in [-0.05, 0) is 68.0 Å². The maximum Gasteiger partial charge on any atom is 0.278 e. The Morgan fingerprint density at radius 3 is 2.39 bits per heavy atom. The summed E-state index contributed by atoms with van der Waals surface area (Å²) in [6.07, 6.45) is 0.595. The van der Waals surface area contributed by atoms with E-state index in [0.29, 0.717) is 55.5 Å². The number of carbonyl (C=O) groups is 2. The van der Waals surface area contributed by atoms with Crippen LogP contribution in [0.2, 0.25) is 0 Å². The Hall–Kier alpha value is -3.12. The van der Waals surface area contributed by atoms with Crippen molar-refractivity contribution in [3.05, 3.63) is 64.9 Å². The molecular weight excluding hydrogens is 416 g/mol. The first-order valence-electron chi connectivity index (χ1n) is 11.6. The highest BCUT2D eigenvalue weighted by molar-refractivity contribution is 6.36. The van der Waals surface area contributed by atoms with Gasteiger partial charge in [-0.2, -0.15) is 0 Å². The van der Waals surface area contributed by atoms with E-state index in [4.69, 9.17) is 9.47 Å². The number of amides is 2. The molecule has 0 saturated heterocycles. The molecule has 1 N–H and O–H groups in total. The van der Waals surface area contributed by atoms with Gasteiger partial charge < -0.3 is 14.8 Å². The number of nitrogens with one attached hydrogen (secondary N) is 1. The smallest absolute Gasteiger partial charge is 0.278 e. The van der Waals surface area contributed by atoms with Crippen LogP contribution >= 0.6 is 0 Å². The summed E-state index contributed by atoms with van der Waals surface area (Å²) < 4.78 is 11.2. The van der Waals surface area contributed by atoms with Crippen molar-refractivity contribution in [1.29, 1.82) is 0 Å². The Kier molecular flexibility index (Phi) is 8.28. The monoisotopic (exact) mass is 450 g/mol. The summed E-state index contributed by atoms with van der Waals surface area (Å²) >= 11 is 0. The standard InChI is InChI=1S/C27H34N2O4/c1-6-32-15-7-14-29-26(30)24(21-10-12-22(13-11-21)33-17-18(2)3)25(27(29)31)28-23-16-19(4)8-9-20(23)5/h8-13,16,18,28H,6-7,14-15,17H2,1-5H3. The van der Waals surface area contributed by atoms with Crippen molar-refractivity contribution in [3.63, 3.8) is 0 Å². The molecule has 0 bridgehead atoms. The van der Waals surface area contributed by atoms with Gasteiger partial charge in [0.05, 0.1) is 12.2 Å². The van der Waals surface area contributed by atoms with Gasteiger partial charge in [0.1, 0.15) is 11.4 Å². The minimum Gasteiger partial charge on any atom is -0.493 e. The fourth-order valence-electron chi connectivity index (χ4n) is 3.62. The van der Waals surface area contributed by atoms with E-state index < -0.39 is 0 Å². The molecule has 33 heavy (non-hydrogen) atoms. The van der Waals surface area contributed by atoms with Crippen LogP contribution in [0.4, 0.5) is 5.69 Å². The van der Waals surface area contributed by atoms with Crippen LogP contribution in [0.25, 0.3) is 5.57 Å². The predicted octanol–water partition coefficient (Wildman–Crippen LogP) is 4.96. The molecule has 1 heterocycles. The number of nitrogens with zero attached hydrogens (tertiary/aromatic N) is 1. The van der Waals surface area contributed by atoms with Gasteiger partial charge in [0.25, 0.3) is 11.8 Å². The molecule has 0 saturated carbocycles. The van der Waals surface area contributed by atoms with Gasteiger partial charge >= 0.3 is 0 Å². The summed E-state index contributed by atoms with van der Waals surface area (Å²) in [5, 5.41) is 3.27. The molecule has 0 radical (unpaired) electrons. The molecule has 6 nitrogen and oxygen atoms in total. The lowest BCUT2D eigenvalue weighted by Gasteiger charge is -2.15. The second-order valence-electron chi connectivity index (χ2n) is 8.74. The van der Waals surface area contributed by atoms with Crippen LogP contribution in [0.15, 0.2) is 48.2 Å². The summed E-state index contributed by atoms with van der Waals surface area (Å²) in [6, 6.07) is 13.4. The zero-order valence-electron chi connectivity index (χ0n) is 20.2. The Morgan fingerprint density at radius 2 is 1.73 bits per heavy atom. The third-order valence-electron chi connectivity index (χ3n) is 5.42. The van der Waals surface area contributed by atoms with Crippen LogP contribution in [0, 0.1) is 19.8 Å². The molecule has 6 heteroatoms. The van der Waals surface area contributed by atoms with Crippen LogP contribution < -0.4 is 10.1 Å². The van der Waals surface area contributed by atoms with E-state index in [1.54, 1.807) is 0 Å². The van der Waals surface area contributed by atoms with Crippen molar-refractivity contribution in [3.8, 4) is 5.75 Å². The van der Waals surface area contributed by atoms with Gasteiger partial charge in [-0.3, -0.25) is 14.5 Å². The van der Waals surface area contributed by atoms with E-state index in [0.717, 1.165) is 22.6 Å². The topological polar surface area (TPSA) is 67.9 Å². The highest BCUT2D eigenvalue weighted by atomic mass is 16.5. The number of anilines is 1. The summed E-state index contributed by atoms with van der Waals surface area (Å²) in [7, 11) is 0. The second-order valence-corrected chi connectivity index (χ2v) is 8.74. The summed E-state index contributed by atoms with van der Waals surface area (Å²) in [6.45, 7) is 12.1. The molecular formula is C27H34N2O4. The number of ether oxygens (including phenoxy) is 2. The maximum atomic E-state index is 13.4. The highest BCUT2D eigenvalue weighted by Crippen LogP contribution is 2.32. The Labute approximate surface area is 196 Å². The van der Waals surface area contributed by atoms with Crippen LogP contribution in [-0.2, 0) is 14.3 Å². The fourth-order valence-corrected chi connectivity index (χ4v) is 3.62. The maximum absolute atomic E-state index is 13.4. The zero-order chi connectivity index (χ0) is 24.0. The largest absolute Gasteiger partial charge is 0.493 e. The molecule has 3 rings (SSSR count). The number of imide groups is 1. The average molecular weight is 451 g/mol. The molecule has 1 aliphatic heterocycles. The molecule has 0 spiro atoms. The molecule has 1 aliphatic rings. The van der Waals surface area contributed by atoms with Gasteiger partial charge in [0.2, 0.25) is 0 Å². The Morgan fingerprint density at radius 1 is 1.00 bits per heavy atom. The average Bonchev–Trinajstić information content (AvgIpc) is 3.02. The number of hydrogen-bond acceptors (Lipinski definition) is 5. The molecule has 0 aromatic heterocycles. The fraction of sp³-hybridized carbons (Fsp3) is 0.407. The summed E-state index contributed by atoms with van der Waals surface area (Å²) in [5.74, 6) is 0.551. The van der Waals surface area contributed by atoms with Crippen molar-refractivity contribution in [2.45, 2.75) is 41.0 Å². The lowest BCUT2D eigenvalue weighted by Crippen LogP contribution is -2.34. The Bertz CT molecular complexity index is 1020. The minimum atomic E-state index is -0.312. The normalized spacial score (nSPS) is 13.9. The van der Waals surface area contributed by atoms with Crippen molar-refractivity contribution in [1.82, 2.24) is 4.90 Å². The summed E-state index contributed by atoms with van der Waals surface area (Å²) in [5.41, 5.74) is 4.26. The number of benzene rings is 2. The van der Waals surface area contributed by atoms with E-state index in [2.05, 4.69) is 19.2 Å². The van der Waals surface area contributed by atoms with Gasteiger partial charge in [0.15, 0.2) is 0 Å². The first kappa shape index (κ1) is 24.5. The Balaban J connectivity index is 1.93.